The molecule has 0 radical (unpaired) electrons. The van der Waals surface area contributed by atoms with E-state index in [9.17, 15) is 0 Å². The minimum Gasteiger partial charge on any atom is -0.316 e. The molecule has 0 aromatic heterocycles. The molecule has 0 aliphatic heterocycles. The Bertz CT molecular complexity index is 186. The highest BCUT2D eigenvalue weighted by molar-refractivity contribution is 4.92. The summed E-state index contributed by atoms with van der Waals surface area (Å²) in [5.74, 6) is 3.90. The van der Waals surface area contributed by atoms with E-state index in [1.807, 2.05) is 0 Å². The van der Waals surface area contributed by atoms with Crippen molar-refractivity contribution in [1.29, 1.82) is 0 Å². The fourth-order valence-corrected chi connectivity index (χ4v) is 3.23. The van der Waals surface area contributed by atoms with Gasteiger partial charge in [-0.15, -0.1) is 0 Å². The van der Waals surface area contributed by atoms with Crippen LogP contribution in [0.1, 0.15) is 46.0 Å². The van der Waals surface area contributed by atoms with Gasteiger partial charge in [-0.05, 0) is 56.4 Å². The van der Waals surface area contributed by atoms with E-state index in [-0.39, 0.29) is 0 Å². The molecule has 0 aromatic rings. The quantitative estimate of drug-likeness (QED) is 0.730. The normalized spacial score (nSPS) is 40.9. The van der Waals surface area contributed by atoms with Crippen LogP contribution in [0, 0.1) is 23.7 Å². The molecular weight excluding hydrogens is 170 g/mol. The highest BCUT2D eigenvalue weighted by Gasteiger charge is 2.38. The third-order valence-corrected chi connectivity index (χ3v) is 4.61. The van der Waals surface area contributed by atoms with Crippen LogP contribution in [0.2, 0.25) is 0 Å². The van der Waals surface area contributed by atoms with E-state index < -0.39 is 0 Å². The van der Waals surface area contributed by atoms with Gasteiger partial charge in [0.05, 0.1) is 0 Å². The van der Waals surface area contributed by atoms with E-state index in [0.717, 1.165) is 29.7 Å². The van der Waals surface area contributed by atoms with E-state index in [1.54, 1.807) is 0 Å². The molecule has 2 aliphatic rings. The lowest BCUT2D eigenvalue weighted by molar-refractivity contribution is 0.165. The Morgan fingerprint density at radius 1 is 0.929 bits per heavy atom. The van der Waals surface area contributed by atoms with Gasteiger partial charge < -0.3 is 5.32 Å². The summed E-state index contributed by atoms with van der Waals surface area (Å²) < 4.78 is 0. The molecule has 0 heterocycles. The molecule has 82 valence electrons. The Balaban J connectivity index is 1.90. The first-order valence-electron chi connectivity index (χ1n) is 6.39. The zero-order valence-electron chi connectivity index (χ0n) is 9.92. The summed E-state index contributed by atoms with van der Waals surface area (Å²) in [6.07, 6.45) is 7.34. The van der Waals surface area contributed by atoms with Crippen molar-refractivity contribution in [2.45, 2.75) is 52.0 Å². The molecule has 0 amide bonds. The van der Waals surface area contributed by atoms with Gasteiger partial charge in [0.2, 0.25) is 0 Å². The highest BCUT2D eigenvalue weighted by Crippen LogP contribution is 2.42. The van der Waals surface area contributed by atoms with E-state index in [4.69, 9.17) is 0 Å². The van der Waals surface area contributed by atoms with Gasteiger partial charge in [-0.25, -0.2) is 0 Å². The number of hydrogen-bond acceptors (Lipinski definition) is 1. The maximum absolute atomic E-state index is 3.57. The monoisotopic (exact) mass is 195 g/mol. The smallest absolute Gasteiger partial charge is 0.0121 e. The van der Waals surface area contributed by atoms with Gasteiger partial charge in [-0.2, -0.15) is 0 Å². The second-order valence-electron chi connectivity index (χ2n) is 5.68. The number of rotatable bonds is 3. The van der Waals surface area contributed by atoms with Gasteiger partial charge in [0.15, 0.2) is 0 Å². The first-order valence-corrected chi connectivity index (χ1v) is 6.39. The molecule has 2 saturated carbocycles. The summed E-state index contributed by atoms with van der Waals surface area (Å²) in [5, 5.41) is 3.57. The van der Waals surface area contributed by atoms with Crippen LogP contribution in [-0.2, 0) is 0 Å². The predicted octanol–water partition coefficient (Wildman–Crippen LogP) is 3.06. The van der Waals surface area contributed by atoms with Gasteiger partial charge >= 0.3 is 0 Å². The van der Waals surface area contributed by atoms with E-state index >= 15 is 0 Å². The standard InChI is InChI=1S/C13H25N/c1-9-4-5-12(8-10(9)2)13(14-3)11-6-7-11/h9-14H,4-8H2,1-3H3. The van der Waals surface area contributed by atoms with Crippen LogP contribution in [-0.4, -0.2) is 13.1 Å². The molecule has 1 N–H and O–H groups in total. The van der Waals surface area contributed by atoms with Crippen LogP contribution >= 0.6 is 0 Å². The molecule has 4 atom stereocenters. The van der Waals surface area contributed by atoms with Crippen LogP contribution in [0.5, 0.6) is 0 Å². The van der Waals surface area contributed by atoms with E-state index in [2.05, 4.69) is 26.2 Å². The fraction of sp³-hybridized carbons (Fsp3) is 1.00. The number of nitrogens with one attached hydrogen (secondary N) is 1. The first-order chi connectivity index (χ1) is 6.72. The highest BCUT2D eigenvalue weighted by atomic mass is 14.9. The zero-order chi connectivity index (χ0) is 10.1. The van der Waals surface area contributed by atoms with Gasteiger partial charge in [0.1, 0.15) is 0 Å². The first kappa shape index (κ1) is 10.5. The molecule has 14 heavy (non-hydrogen) atoms. The van der Waals surface area contributed by atoms with Crippen molar-refractivity contribution in [3.63, 3.8) is 0 Å². The Morgan fingerprint density at radius 2 is 1.57 bits per heavy atom. The molecular formula is C13H25N. The van der Waals surface area contributed by atoms with Gasteiger partial charge in [0.25, 0.3) is 0 Å². The van der Waals surface area contributed by atoms with Gasteiger partial charge in [-0.3, -0.25) is 0 Å². The van der Waals surface area contributed by atoms with Crippen LogP contribution in [0.25, 0.3) is 0 Å². The SMILES string of the molecule is CNC(C1CC1)C1CCC(C)C(C)C1. The molecule has 0 bridgehead atoms. The van der Waals surface area contributed by atoms with E-state index in [0.29, 0.717) is 0 Å². The molecule has 2 aliphatic carbocycles. The summed E-state index contributed by atoms with van der Waals surface area (Å²) in [6.45, 7) is 4.86. The van der Waals surface area contributed by atoms with Crippen LogP contribution in [0.15, 0.2) is 0 Å². The van der Waals surface area contributed by atoms with Crippen molar-refractivity contribution < 1.29 is 0 Å². The Labute approximate surface area is 88.7 Å². The fourth-order valence-electron chi connectivity index (χ4n) is 3.23. The molecule has 0 aromatic carbocycles. The summed E-state index contributed by atoms with van der Waals surface area (Å²) in [7, 11) is 2.16. The van der Waals surface area contributed by atoms with E-state index in [1.165, 1.54) is 32.1 Å². The summed E-state index contributed by atoms with van der Waals surface area (Å²) in [5.41, 5.74) is 0. The predicted molar refractivity (Wildman–Crippen MR) is 61.2 cm³/mol. The minimum absolute atomic E-state index is 0.838. The molecule has 2 fully saturated rings. The average Bonchev–Trinajstić information content (AvgIpc) is 2.96. The topological polar surface area (TPSA) is 12.0 Å². The Hall–Kier alpha value is -0.0400. The third kappa shape index (κ3) is 2.13. The maximum Gasteiger partial charge on any atom is 0.0121 e. The Kier molecular flexibility index (Phi) is 3.16. The van der Waals surface area contributed by atoms with Crippen LogP contribution < -0.4 is 5.32 Å². The second kappa shape index (κ2) is 4.22. The average molecular weight is 195 g/mol. The van der Waals surface area contributed by atoms with Crippen molar-refractivity contribution in [3.05, 3.63) is 0 Å². The van der Waals surface area contributed by atoms with Crippen LogP contribution in [0.3, 0.4) is 0 Å². The Morgan fingerprint density at radius 3 is 2.07 bits per heavy atom. The van der Waals surface area contributed by atoms with Crippen molar-refractivity contribution in [1.82, 2.24) is 5.32 Å². The molecule has 2 rings (SSSR count). The molecule has 1 nitrogen and oxygen atoms in total. The minimum atomic E-state index is 0.838. The summed E-state index contributed by atoms with van der Waals surface area (Å²) in [4.78, 5) is 0. The van der Waals surface area contributed by atoms with Gasteiger partial charge in [-0.1, -0.05) is 20.3 Å². The zero-order valence-corrected chi connectivity index (χ0v) is 9.92. The molecule has 0 spiro atoms. The largest absolute Gasteiger partial charge is 0.316 e. The molecule has 0 saturated heterocycles. The van der Waals surface area contributed by atoms with Crippen molar-refractivity contribution in [2.24, 2.45) is 23.7 Å². The lowest BCUT2D eigenvalue weighted by atomic mass is 9.72. The van der Waals surface area contributed by atoms with Crippen molar-refractivity contribution in [3.8, 4) is 0 Å². The lowest BCUT2D eigenvalue weighted by Gasteiger charge is -2.36. The summed E-state index contributed by atoms with van der Waals surface area (Å²) >= 11 is 0. The van der Waals surface area contributed by atoms with Crippen LogP contribution in [0.4, 0.5) is 0 Å². The number of hydrogen-bond donors (Lipinski definition) is 1. The molecule has 4 unspecified atom stereocenters. The maximum atomic E-state index is 3.57. The third-order valence-electron chi connectivity index (χ3n) is 4.61. The summed E-state index contributed by atoms with van der Waals surface area (Å²) in [6, 6.07) is 0.838. The second-order valence-corrected chi connectivity index (χ2v) is 5.68. The molecule has 1 heteroatoms. The van der Waals surface area contributed by atoms with Gasteiger partial charge in [0, 0.05) is 6.04 Å². The lowest BCUT2D eigenvalue weighted by Crippen LogP contribution is -2.39. The van der Waals surface area contributed by atoms with Crippen molar-refractivity contribution >= 4 is 0 Å². The van der Waals surface area contributed by atoms with Crippen molar-refractivity contribution in [2.75, 3.05) is 7.05 Å².